The average Bonchev–Trinajstić information content (AvgIpc) is 3.03. The third-order valence-corrected chi connectivity index (χ3v) is 6.45. The van der Waals surface area contributed by atoms with Crippen LogP contribution >= 0.6 is 11.6 Å². The van der Waals surface area contributed by atoms with Crippen molar-refractivity contribution in [2.24, 2.45) is 0 Å². The number of hydrogen-bond acceptors (Lipinski definition) is 7. The van der Waals surface area contributed by atoms with Gasteiger partial charge in [-0.05, 0) is 23.2 Å². The summed E-state index contributed by atoms with van der Waals surface area (Å²) in [5.41, 5.74) is 2.03. The summed E-state index contributed by atoms with van der Waals surface area (Å²) in [4.78, 5) is 8.86. The van der Waals surface area contributed by atoms with E-state index in [0.717, 1.165) is 36.5 Å². The van der Waals surface area contributed by atoms with Crippen molar-refractivity contribution >= 4 is 33.0 Å². The zero-order valence-electron chi connectivity index (χ0n) is 15.2. The fourth-order valence-electron chi connectivity index (χ4n) is 3.58. The third kappa shape index (κ3) is 4.19. The maximum absolute atomic E-state index is 11.7. The van der Waals surface area contributed by atoms with Crippen LogP contribution in [-0.2, 0) is 21.3 Å². The highest BCUT2D eigenvalue weighted by atomic mass is 35.5. The van der Waals surface area contributed by atoms with Gasteiger partial charge >= 0.3 is 0 Å². The Balaban J connectivity index is 1.52. The summed E-state index contributed by atoms with van der Waals surface area (Å²) in [5, 5.41) is 4.51. The van der Waals surface area contributed by atoms with Crippen LogP contribution in [0, 0.1) is 0 Å². The molecule has 4 rings (SSSR count). The van der Waals surface area contributed by atoms with Crippen LogP contribution in [0.2, 0.25) is 5.28 Å². The largest absolute Gasteiger partial charge is 0.378 e. The molecule has 2 saturated heterocycles. The van der Waals surface area contributed by atoms with E-state index in [-0.39, 0.29) is 5.28 Å². The lowest BCUT2D eigenvalue weighted by Gasteiger charge is -2.32. The Kier molecular flexibility index (Phi) is 5.26. The smallest absolute Gasteiger partial charge is 0.243 e. The molecule has 0 saturated carbocycles. The second kappa shape index (κ2) is 7.51. The molecule has 0 aliphatic carbocycles. The Bertz CT molecular complexity index is 920. The van der Waals surface area contributed by atoms with Crippen molar-refractivity contribution < 1.29 is 13.2 Å². The van der Waals surface area contributed by atoms with Crippen LogP contribution in [0.4, 0.5) is 5.82 Å². The van der Waals surface area contributed by atoms with E-state index in [1.807, 2.05) is 6.20 Å². The molecule has 2 fully saturated rings. The first-order chi connectivity index (χ1) is 12.9. The molecular formula is C16H23ClN6O3S. The zero-order chi connectivity index (χ0) is 19.0. The van der Waals surface area contributed by atoms with Gasteiger partial charge in [-0.25, -0.2) is 12.9 Å². The van der Waals surface area contributed by atoms with Gasteiger partial charge in [-0.15, -0.1) is 5.10 Å². The van der Waals surface area contributed by atoms with Crippen LogP contribution in [0.5, 0.6) is 0 Å². The molecule has 0 amide bonds. The molecule has 0 aromatic carbocycles. The molecule has 2 aromatic rings. The lowest BCUT2D eigenvalue weighted by atomic mass is 10.2. The van der Waals surface area contributed by atoms with Crippen LogP contribution in [0.15, 0.2) is 12.3 Å². The highest BCUT2D eigenvalue weighted by molar-refractivity contribution is 7.88. The average molecular weight is 415 g/mol. The second-order valence-electron chi connectivity index (χ2n) is 6.92. The summed E-state index contributed by atoms with van der Waals surface area (Å²) in [6, 6.07) is 2.09. The molecule has 0 N–H and O–H groups in total. The number of nitrogens with zero attached hydrogens (tertiary/aromatic N) is 6. The number of morpholine rings is 1. The number of fused-ring (bicyclic) bond motifs is 1. The highest BCUT2D eigenvalue weighted by Gasteiger charge is 2.24. The molecule has 11 heteroatoms. The predicted molar refractivity (Wildman–Crippen MR) is 103 cm³/mol. The van der Waals surface area contributed by atoms with Crippen LogP contribution in [-0.4, -0.2) is 91.0 Å². The van der Waals surface area contributed by atoms with Gasteiger partial charge in [-0.3, -0.25) is 4.90 Å². The van der Waals surface area contributed by atoms with E-state index in [4.69, 9.17) is 16.3 Å². The zero-order valence-corrected chi connectivity index (χ0v) is 16.8. The number of sulfonamides is 1. The van der Waals surface area contributed by atoms with Crippen molar-refractivity contribution in [1.82, 2.24) is 23.8 Å². The lowest BCUT2D eigenvalue weighted by molar-refractivity contribution is 0.122. The molecule has 0 atom stereocenters. The van der Waals surface area contributed by atoms with Gasteiger partial charge in [0.2, 0.25) is 15.3 Å². The molecule has 9 nitrogen and oxygen atoms in total. The number of rotatable bonds is 4. The van der Waals surface area contributed by atoms with Crippen LogP contribution in [0.25, 0.3) is 5.52 Å². The number of ether oxygens (including phenoxy) is 1. The molecule has 2 aliphatic rings. The number of hydrogen-bond donors (Lipinski definition) is 0. The van der Waals surface area contributed by atoms with Crippen molar-refractivity contribution in [3.8, 4) is 0 Å². The van der Waals surface area contributed by atoms with Crippen molar-refractivity contribution in [2.45, 2.75) is 6.54 Å². The van der Waals surface area contributed by atoms with Crippen molar-refractivity contribution in [3.05, 3.63) is 23.1 Å². The first kappa shape index (κ1) is 18.9. The van der Waals surface area contributed by atoms with Crippen molar-refractivity contribution in [1.29, 1.82) is 0 Å². The Morgan fingerprint density at radius 1 is 1.15 bits per heavy atom. The number of anilines is 1. The SMILES string of the molecule is CS(=O)(=O)N1CCN(Cc2cc3c(N4CCOCC4)nc(Cl)nn3c2)CC1. The molecule has 148 valence electrons. The summed E-state index contributed by atoms with van der Waals surface area (Å²) < 4.78 is 32.0. The highest BCUT2D eigenvalue weighted by Crippen LogP contribution is 2.24. The molecule has 0 unspecified atom stereocenters. The summed E-state index contributed by atoms with van der Waals surface area (Å²) in [5.74, 6) is 0.825. The second-order valence-corrected chi connectivity index (χ2v) is 9.24. The van der Waals surface area contributed by atoms with E-state index < -0.39 is 10.0 Å². The molecule has 4 heterocycles. The van der Waals surface area contributed by atoms with Gasteiger partial charge in [0.05, 0.1) is 19.5 Å². The molecule has 0 radical (unpaired) electrons. The number of piperazine rings is 1. The number of halogens is 1. The first-order valence-electron chi connectivity index (χ1n) is 8.95. The monoisotopic (exact) mass is 414 g/mol. The topological polar surface area (TPSA) is 83.3 Å². The standard InChI is InChI=1S/C16H23ClN6O3S/c1-27(24,25)22-4-2-20(3-5-22)11-13-10-14-15(21-6-8-26-9-7-21)18-16(17)19-23(14)12-13/h10,12H,2-9,11H2,1H3. The Labute approximate surface area is 163 Å². The van der Waals surface area contributed by atoms with Gasteiger partial charge in [0, 0.05) is 52.0 Å². The van der Waals surface area contributed by atoms with Gasteiger partial charge in [-0.1, -0.05) is 0 Å². The fourth-order valence-corrected chi connectivity index (χ4v) is 4.57. The van der Waals surface area contributed by atoms with Gasteiger partial charge in [0.15, 0.2) is 5.82 Å². The van der Waals surface area contributed by atoms with E-state index in [2.05, 4.69) is 25.9 Å². The van der Waals surface area contributed by atoms with Crippen LogP contribution in [0.3, 0.4) is 0 Å². The minimum atomic E-state index is -3.11. The lowest BCUT2D eigenvalue weighted by Crippen LogP contribution is -2.47. The molecule has 0 spiro atoms. The molecule has 0 bridgehead atoms. The Morgan fingerprint density at radius 3 is 2.52 bits per heavy atom. The first-order valence-corrected chi connectivity index (χ1v) is 11.2. The normalized spacial score (nSPS) is 20.4. The van der Waals surface area contributed by atoms with E-state index in [9.17, 15) is 8.42 Å². The van der Waals surface area contributed by atoms with Gasteiger partial charge < -0.3 is 9.64 Å². The fraction of sp³-hybridized carbons (Fsp3) is 0.625. The van der Waals surface area contributed by atoms with E-state index in [1.54, 1.807) is 4.52 Å². The molecule has 2 aromatic heterocycles. The molecular weight excluding hydrogens is 392 g/mol. The minimum Gasteiger partial charge on any atom is -0.378 e. The Morgan fingerprint density at radius 2 is 1.85 bits per heavy atom. The summed E-state index contributed by atoms with van der Waals surface area (Å²) in [6.07, 6.45) is 3.23. The summed E-state index contributed by atoms with van der Waals surface area (Å²) >= 11 is 6.13. The summed E-state index contributed by atoms with van der Waals surface area (Å²) in [7, 11) is -3.11. The van der Waals surface area contributed by atoms with E-state index in [0.29, 0.717) is 39.4 Å². The van der Waals surface area contributed by atoms with Gasteiger partial charge in [-0.2, -0.15) is 9.29 Å². The maximum Gasteiger partial charge on any atom is 0.243 e. The van der Waals surface area contributed by atoms with Crippen LogP contribution < -0.4 is 4.90 Å². The van der Waals surface area contributed by atoms with Crippen molar-refractivity contribution in [2.75, 3.05) is 63.6 Å². The minimum absolute atomic E-state index is 0.216. The van der Waals surface area contributed by atoms with E-state index in [1.165, 1.54) is 10.6 Å². The van der Waals surface area contributed by atoms with Gasteiger partial charge in [0.1, 0.15) is 5.52 Å². The van der Waals surface area contributed by atoms with Gasteiger partial charge in [0.25, 0.3) is 0 Å². The summed E-state index contributed by atoms with van der Waals surface area (Å²) in [6.45, 7) is 6.10. The van der Waals surface area contributed by atoms with Crippen molar-refractivity contribution in [3.63, 3.8) is 0 Å². The third-order valence-electron chi connectivity index (χ3n) is 4.99. The quantitative estimate of drug-likeness (QED) is 0.711. The number of aromatic nitrogens is 3. The predicted octanol–water partition coefficient (Wildman–Crippen LogP) is 0.297. The van der Waals surface area contributed by atoms with Crippen LogP contribution in [0.1, 0.15) is 5.56 Å². The molecule has 27 heavy (non-hydrogen) atoms. The van der Waals surface area contributed by atoms with E-state index >= 15 is 0 Å². The Hall–Kier alpha value is -1.46. The maximum atomic E-state index is 11.7. The molecule has 2 aliphatic heterocycles.